The van der Waals surface area contributed by atoms with E-state index in [4.69, 9.17) is 5.11 Å². The van der Waals surface area contributed by atoms with Crippen molar-refractivity contribution in [3.05, 3.63) is 0 Å². The summed E-state index contributed by atoms with van der Waals surface area (Å²) in [7, 11) is 0. The van der Waals surface area contributed by atoms with Crippen LogP contribution < -0.4 is 5.32 Å². The van der Waals surface area contributed by atoms with Gasteiger partial charge in [0.05, 0.1) is 12.0 Å². The average Bonchev–Trinajstić information content (AvgIpc) is 2.85. The molecule has 0 saturated heterocycles. The third kappa shape index (κ3) is 2.97. The number of hydrogen-bond donors (Lipinski definition) is 2. The number of hydrogen-bond acceptors (Lipinski definition) is 2. The van der Waals surface area contributed by atoms with Gasteiger partial charge in [-0.1, -0.05) is 12.8 Å². The van der Waals surface area contributed by atoms with E-state index < -0.39 is 11.5 Å². The topological polar surface area (TPSA) is 66.4 Å². The van der Waals surface area contributed by atoms with Gasteiger partial charge in [0.15, 0.2) is 0 Å². The van der Waals surface area contributed by atoms with Crippen molar-refractivity contribution in [2.45, 2.75) is 56.9 Å². The first-order chi connectivity index (χ1) is 7.60. The normalized spacial score (nSPS) is 23.0. The van der Waals surface area contributed by atoms with Gasteiger partial charge < -0.3 is 10.4 Å². The van der Waals surface area contributed by atoms with Crippen molar-refractivity contribution in [2.24, 2.45) is 5.92 Å². The SMILES string of the molecule is O=C(O)CC1(NC(=O)CC2CC2)CCCC1. The van der Waals surface area contributed by atoms with Crippen LogP contribution in [0.5, 0.6) is 0 Å². The van der Waals surface area contributed by atoms with E-state index in [0.717, 1.165) is 38.5 Å². The largest absolute Gasteiger partial charge is 0.481 e. The highest BCUT2D eigenvalue weighted by atomic mass is 16.4. The van der Waals surface area contributed by atoms with E-state index in [1.807, 2.05) is 0 Å². The zero-order valence-corrected chi connectivity index (χ0v) is 9.50. The van der Waals surface area contributed by atoms with Crippen molar-refractivity contribution in [3.8, 4) is 0 Å². The van der Waals surface area contributed by atoms with E-state index in [0.29, 0.717) is 12.3 Å². The summed E-state index contributed by atoms with van der Waals surface area (Å²) in [6.45, 7) is 0. The molecule has 90 valence electrons. The molecule has 0 aliphatic heterocycles. The predicted molar refractivity (Wildman–Crippen MR) is 58.9 cm³/mol. The summed E-state index contributed by atoms with van der Waals surface area (Å²) in [4.78, 5) is 22.6. The summed E-state index contributed by atoms with van der Waals surface area (Å²) in [6, 6.07) is 0. The van der Waals surface area contributed by atoms with Crippen LogP contribution in [0.2, 0.25) is 0 Å². The number of carbonyl (C=O) groups excluding carboxylic acids is 1. The van der Waals surface area contributed by atoms with Crippen molar-refractivity contribution in [1.29, 1.82) is 0 Å². The third-order valence-corrected chi connectivity index (χ3v) is 3.63. The lowest BCUT2D eigenvalue weighted by Gasteiger charge is -2.28. The second-order valence-corrected chi connectivity index (χ2v) is 5.25. The molecular formula is C12H19NO3. The molecule has 1 amide bonds. The Bertz CT molecular complexity index is 291. The maximum absolute atomic E-state index is 11.7. The highest BCUT2D eigenvalue weighted by Crippen LogP contribution is 2.35. The Labute approximate surface area is 95.4 Å². The van der Waals surface area contributed by atoms with Gasteiger partial charge in [0.25, 0.3) is 0 Å². The highest BCUT2D eigenvalue weighted by molar-refractivity contribution is 5.78. The van der Waals surface area contributed by atoms with Crippen molar-refractivity contribution in [1.82, 2.24) is 5.32 Å². The fourth-order valence-electron chi connectivity index (χ4n) is 2.62. The van der Waals surface area contributed by atoms with Gasteiger partial charge in [-0.3, -0.25) is 9.59 Å². The van der Waals surface area contributed by atoms with Crippen LogP contribution in [0.15, 0.2) is 0 Å². The van der Waals surface area contributed by atoms with Crippen LogP contribution in [0.1, 0.15) is 51.4 Å². The smallest absolute Gasteiger partial charge is 0.305 e. The van der Waals surface area contributed by atoms with Crippen LogP contribution in [0.4, 0.5) is 0 Å². The summed E-state index contributed by atoms with van der Waals surface area (Å²) in [5.41, 5.74) is -0.447. The molecule has 4 nitrogen and oxygen atoms in total. The van der Waals surface area contributed by atoms with E-state index >= 15 is 0 Å². The molecule has 0 radical (unpaired) electrons. The maximum Gasteiger partial charge on any atom is 0.305 e. The zero-order valence-electron chi connectivity index (χ0n) is 9.50. The number of carbonyl (C=O) groups is 2. The fraction of sp³-hybridized carbons (Fsp3) is 0.833. The lowest BCUT2D eigenvalue weighted by Crippen LogP contribution is -2.47. The first-order valence-electron chi connectivity index (χ1n) is 6.12. The number of rotatable bonds is 5. The van der Waals surface area contributed by atoms with E-state index in [-0.39, 0.29) is 12.3 Å². The van der Waals surface area contributed by atoms with E-state index in [1.165, 1.54) is 0 Å². The zero-order chi connectivity index (χ0) is 11.6. The number of carboxylic acid groups (broad SMARTS) is 1. The first kappa shape index (κ1) is 11.4. The van der Waals surface area contributed by atoms with Crippen LogP contribution in [-0.2, 0) is 9.59 Å². The van der Waals surface area contributed by atoms with Gasteiger partial charge in [-0.05, 0) is 31.6 Å². The number of nitrogens with one attached hydrogen (secondary N) is 1. The molecule has 2 rings (SSSR count). The third-order valence-electron chi connectivity index (χ3n) is 3.63. The Kier molecular flexibility index (Phi) is 3.17. The van der Waals surface area contributed by atoms with Crippen LogP contribution in [0.3, 0.4) is 0 Å². The molecule has 0 aromatic heterocycles. The molecule has 2 aliphatic carbocycles. The molecule has 0 heterocycles. The Hall–Kier alpha value is -1.06. The van der Waals surface area contributed by atoms with Gasteiger partial charge in [-0.2, -0.15) is 0 Å². The number of amides is 1. The second kappa shape index (κ2) is 4.44. The molecule has 2 aliphatic rings. The lowest BCUT2D eigenvalue weighted by atomic mass is 9.93. The molecule has 4 heteroatoms. The minimum atomic E-state index is -0.811. The van der Waals surface area contributed by atoms with Crippen LogP contribution >= 0.6 is 0 Å². The second-order valence-electron chi connectivity index (χ2n) is 5.25. The quantitative estimate of drug-likeness (QED) is 0.748. The molecule has 2 saturated carbocycles. The molecule has 0 unspecified atom stereocenters. The summed E-state index contributed by atoms with van der Waals surface area (Å²) < 4.78 is 0. The van der Waals surface area contributed by atoms with E-state index in [2.05, 4.69) is 5.32 Å². The highest BCUT2D eigenvalue weighted by Gasteiger charge is 2.38. The monoisotopic (exact) mass is 225 g/mol. The minimum absolute atomic E-state index is 0.0469. The van der Waals surface area contributed by atoms with Crippen LogP contribution in [-0.4, -0.2) is 22.5 Å². The average molecular weight is 225 g/mol. The predicted octanol–water partition coefficient (Wildman–Crippen LogP) is 1.69. The standard InChI is InChI=1S/C12H19NO3/c14-10(7-9-3-4-9)13-12(8-11(15)16)5-1-2-6-12/h9H,1-8H2,(H,13,14)(H,15,16). The van der Waals surface area contributed by atoms with Gasteiger partial charge >= 0.3 is 5.97 Å². The molecule has 2 fully saturated rings. The van der Waals surface area contributed by atoms with Crippen LogP contribution in [0, 0.1) is 5.92 Å². The summed E-state index contributed by atoms with van der Waals surface area (Å²) in [6.07, 6.45) is 6.64. The Morgan fingerprint density at radius 2 is 1.88 bits per heavy atom. The summed E-state index contributed by atoms with van der Waals surface area (Å²) in [5.74, 6) is -0.206. The van der Waals surface area contributed by atoms with Crippen molar-refractivity contribution < 1.29 is 14.7 Å². The van der Waals surface area contributed by atoms with Crippen molar-refractivity contribution in [2.75, 3.05) is 0 Å². The molecule has 0 aromatic rings. The van der Waals surface area contributed by atoms with Gasteiger partial charge in [-0.25, -0.2) is 0 Å². The van der Waals surface area contributed by atoms with Crippen LogP contribution in [0.25, 0.3) is 0 Å². The fourth-order valence-corrected chi connectivity index (χ4v) is 2.62. The molecule has 0 aromatic carbocycles. The Morgan fingerprint density at radius 3 is 2.38 bits per heavy atom. The summed E-state index contributed by atoms with van der Waals surface area (Å²) in [5, 5.41) is 11.9. The molecule has 0 bridgehead atoms. The molecule has 0 spiro atoms. The lowest BCUT2D eigenvalue weighted by molar-refractivity contribution is -0.139. The number of carboxylic acids is 1. The van der Waals surface area contributed by atoms with Gasteiger partial charge in [0.1, 0.15) is 0 Å². The van der Waals surface area contributed by atoms with E-state index in [9.17, 15) is 9.59 Å². The van der Waals surface area contributed by atoms with Crippen molar-refractivity contribution in [3.63, 3.8) is 0 Å². The Morgan fingerprint density at radius 1 is 1.25 bits per heavy atom. The van der Waals surface area contributed by atoms with Gasteiger partial charge in [0.2, 0.25) is 5.91 Å². The Balaban J connectivity index is 1.90. The summed E-state index contributed by atoms with van der Waals surface area (Å²) >= 11 is 0. The minimum Gasteiger partial charge on any atom is -0.481 e. The molecule has 2 N–H and O–H groups in total. The van der Waals surface area contributed by atoms with E-state index in [1.54, 1.807) is 0 Å². The molecule has 16 heavy (non-hydrogen) atoms. The molecule has 0 atom stereocenters. The van der Waals surface area contributed by atoms with Crippen molar-refractivity contribution >= 4 is 11.9 Å². The van der Waals surface area contributed by atoms with Gasteiger partial charge in [-0.15, -0.1) is 0 Å². The molecular weight excluding hydrogens is 206 g/mol. The maximum atomic E-state index is 11.7. The number of aliphatic carboxylic acids is 1. The van der Waals surface area contributed by atoms with Gasteiger partial charge in [0, 0.05) is 6.42 Å². The first-order valence-corrected chi connectivity index (χ1v) is 6.12.